The number of hydrogen-bond acceptors (Lipinski definition) is 4. The molecule has 2 N–H and O–H groups in total. The summed E-state index contributed by atoms with van der Waals surface area (Å²) in [4.78, 5) is 11.8. The predicted molar refractivity (Wildman–Crippen MR) is 74.6 cm³/mol. The van der Waals surface area contributed by atoms with Gasteiger partial charge in [0.05, 0.1) is 6.10 Å². The summed E-state index contributed by atoms with van der Waals surface area (Å²) < 4.78 is 10.7. The quantitative estimate of drug-likeness (QED) is 0.855. The van der Waals surface area contributed by atoms with Crippen LogP contribution in [0.5, 0.6) is 5.75 Å². The minimum Gasteiger partial charge on any atom is -0.484 e. The summed E-state index contributed by atoms with van der Waals surface area (Å²) in [5, 5.41) is 12.4. The van der Waals surface area contributed by atoms with E-state index >= 15 is 0 Å². The maximum absolute atomic E-state index is 11.8. The Labute approximate surface area is 118 Å². The molecule has 0 unspecified atom stereocenters. The van der Waals surface area contributed by atoms with Gasteiger partial charge in [-0.1, -0.05) is 12.1 Å². The maximum atomic E-state index is 11.8. The van der Waals surface area contributed by atoms with E-state index < -0.39 is 6.10 Å². The lowest BCUT2D eigenvalue weighted by atomic mass is 10.1. The van der Waals surface area contributed by atoms with Gasteiger partial charge in [0.1, 0.15) is 5.75 Å². The van der Waals surface area contributed by atoms with Gasteiger partial charge in [-0.2, -0.15) is 0 Å². The summed E-state index contributed by atoms with van der Waals surface area (Å²) in [7, 11) is 0. The molecule has 5 heteroatoms. The van der Waals surface area contributed by atoms with E-state index in [2.05, 4.69) is 5.32 Å². The first-order valence-corrected chi connectivity index (χ1v) is 6.93. The van der Waals surface area contributed by atoms with Crippen molar-refractivity contribution in [2.24, 2.45) is 0 Å². The van der Waals surface area contributed by atoms with Gasteiger partial charge < -0.3 is 19.9 Å². The van der Waals surface area contributed by atoms with Crippen LogP contribution in [0.1, 0.15) is 31.4 Å². The van der Waals surface area contributed by atoms with E-state index in [0.717, 1.165) is 18.4 Å². The normalized spacial score (nSPS) is 17.5. The van der Waals surface area contributed by atoms with E-state index in [1.54, 1.807) is 25.1 Å². The number of aliphatic hydroxyl groups is 1. The molecule has 20 heavy (non-hydrogen) atoms. The highest BCUT2D eigenvalue weighted by molar-refractivity contribution is 5.77. The Hall–Kier alpha value is -1.59. The third kappa shape index (κ3) is 4.51. The molecule has 1 aliphatic rings. The van der Waals surface area contributed by atoms with Crippen LogP contribution >= 0.6 is 0 Å². The van der Waals surface area contributed by atoms with E-state index in [1.165, 1.54) is 0 Å². The lowest BCUT2D eigenvalue weighted by Gasteiger charge is -2.23. The molecule has 1 saturated heterocycles. The number of aliphatic hydroxyl groups excluding tert-OH is 1. The van der Waals surface area contributed by atoms with Gasteiger partial charge in [-0.25, -0.2) is 0 Å². The number of benzene rings is 1. The van der Waals surface area contributed by atoms with Gasteiger partial charge in [0, 0.05) is 19.3 Å². The van der Waals surface area contributed by atoms with Crippen LogP contribution in [-0.2, 0) is 9.53 Å². The standard InChI is InChI=1S/C15H21NO4/c1-11(17)12-3-2-4-14(9-12)20-10-15(18)16-13-5-7-19-8-6-13/h2-4,9,11,13,17H,5-8,10H2,1H3,(H,16,18)/t11-/m0/s1. The zero-order chi connectivity index (χ0) is 14.4. The van der Waals surface area contributed by atoms with Crippen LogP contribution < -0.4 is 10.1 Å². The molecule has 1 heterocycles. The summed E-state index contributed by atoms with van der Waals surface area (Å²) >= 11 is 0. The Morgan fingerprint density at radius 3 is 2.95 bits per heavy atom. The molecule has 0 radical (unpaired) electrons. The summed E-state index contributed by atoms with van der Waals surface area (Å²) in [6.07, 6.45) is 1.15. The molecule has 110 valence electrons. The zero-order valence-electron chi connectivity index (χ0n) is 11.7. The molecule has 1 aromatic rings. The van der Waals surface area contributed by atoms with Crippen LogP contribution in [0.25, 0.3) is 0 Å². The molecule has 0 aliphatic carbocycles. The minimum absolute atomic E-state index is 0.0133. The fourth-order valence-electron chi connectivity index (χ4n) is 2.12. The lowest BCUT2D eigenvalue weighted by Crippen LogP contribution is -2.41. The molecule has 1 atom stereocenters. The molecule has 0 bridgehead atoms. The van der Waals surface area contributed by atoms with Crippen LogP contribution in [0.3, 0.4) is 0 Å². The highest BCUT2D eigenvalue weighted by Crippen LogP contribution is 2.18. The molecule has 1 aromatic carbocycles. The number of carbonyl (C=O) groups is 1. The van der Waals surface area contributed by atoms with E-state index in [4.69, 9.17) is 9.47 Å². The van der Waals surface area contributed by atoms with Crippen molar-refractivity contribution in [1.82, 2.24) is 5.32 Å². The maximum Gasteiger partial charge on any atom is 0.258 e. The average molecular weight is 279 g/mol. The van der Waals surface area contributed by atoms with Gasteiger partial charge in [0.15, 0.2) is 6.61 Å². The molecule has 0 saturated carbocycles. The van der Waals surface area contributed by atoms with Crippen LogP contribution in [0.2, 0.25) is 0 Å². The van der Waals surface area contributed by atoms with Gasteiger partial charge in [0.25, 0.3) is 5.91 Å². The first kappa shape index (κ1) is 14.8. The summed E-state index contributed by atoms with van der Waals surface area (Å²) in [5.74, 6) is 0.463. The second kappa shape index (κ2) is 7.26. The molecule has 1 amide bonds. The van der Waals surface area contributed by atoms with Crippen molar-refractivity contribution in [3.05, 3.63) is 29.8 Å². The highest BCUT2D eigenvalue weighted by Gasteiger charge is 2.16. The lowest BCUT2D eigenvalue weighted by molar-refractivity contribution is -0.124. The molecule has 0 aromatic heterocycles. The number of nitrogens with one attached hydrogen (secondary N) is 1. The Morgan fingerprint density at radius 1 is 1.50 bits per heavy atom. The van der Waals surface area contributed by atoms with E-state index in [1.807, 2.05) is 6.07 Å². The summed E-state index contributed by atoms with van der Waals surface area (Å²) in [5.41, 5.74) is 0.771. The molecule has 1 aliphatic heterocycles. The van der Waals surface area contributed by atoms with Gasteiger partial charge >= 0.3 is 0 Å². The van der Waals surface area contributed by atoms with Crippen LogP contribution in [0.15, 0.2) is 24.3 Å². The topological polar surface area (TPSA) is 67.8 Å². The van der Waals surface area contributed by atoms with Gasteiger partial charge in [-0.05, 0) is 37.5 Å². The fourth-order valence-corrected chi connectivity index (χ4v) is 2.12. The molecular formula is C15H21NO4. The van der Waals surface area contributed by atoms with Crippen molar-refractivity contribution in [3.8, 4) is 5.75 Å². The molecule has 0 spiro atoms. The Balaban J connectivity index is 1.79. The van der Waals surface area contributed by atoms with E-state index in [-0.39, 0.29) is 18.6 Å². The fraction of sp³-hybridized carbons (Fsp3) is 0.533. The number of carbonyl (C=O) groups excluding carboxylic acids is 1. The Kier molecular flexibility index (Phi) is 5.38. The van der Waals surface area contributed by atoms with Crippen molar-refractivity contribution < 1.29 is 19.4 Å². The van der Waals surface area contributed by atoms with Crippen LogP contribution in [0, 0.1) is 0 Å². The molecule has 5 nitrogen and oxygen atoms in total. The number of ether oxygens (including phenoxy) is 2. The van der Waals surface area contributed by atoms with E-state index in [9.17, 15) is 9.90 Å². The molecular weight excluding hydrogens is 258 g/mol. The number of hydrogen-bond donors (Lipinski definition) is 2. The first-order chi connectivity index (χ1) is 9.65. The highest BCUT2D eigenvalue weighted by atomic mass is 16.5. The monoisotopic (exact) mass is 279 g/mol. The average Bonchev–Trinajstić information content (AvgIpc) is 2.46. The van der Waals surface area contributed by atoms with Crippen molar-refractivity contribution >= 4 is 5.91 Å². The Bertz CT molecular complexity index is 441. The zero-order valence-corrected chi connectivity index (χ0v) is 11.7. The smallest absolute Gasteiger partial charge is 0.258 e. The SMILES string of the molecule is C[C@H](O)c1cccc(OCC(=O)NC2CCOCC2)c1. The van der Waals surface area contributed by atoms with E-state index in [0.29, 0.717) is 19.0 Å². The van der Waals surface area contributed by atoms with Gasteiger partial charge in [-0.3, -0.25) is 4.79 Å². The predicted octanol–water partition coefficient (Wildman–Crippen LogP) is 1.41. The van der Waals surface area contributed by atoms with Crippen molar-refractivity contribution in [2.45, 2.75) is 31.9 Å². The minimum atomic E-state index is -0.547. The third-order valence-corrected chi connectivity index (χ3v) is 3.30. The van der Waals surface area contributed by atoms with Gasteiger partial charge in [0.2, 0.25) is 0 Å². The van der Waals surface area contributed by atoms with Crippen LogP contribution in [0.4, 0.5) is 0 Å². The van der Waals surface area contributed by atoms with Crippen molar-refractivity contribution in [2.75, 3.05) is 19.8 Å². The molecule has 1 fully saturated rings. The van der Waals surface area contributed by atoms with Crippen molar-refractivity contribution in [3.63, 3.8) is 0 Å². The first-order valence-electron chi connectivity index (χ1n) is 6.93. The largest absolute Gasteiger partial charge is 0.484 e. The summed E-state index contributed by atoms with van der Waals surface area (Å²) in [6, 6.07) is 7.32. The second-order valence-electron chi connectivity index (χ2n) is 4.99. The number of amides is 1. The number of rotatable bonds is 5. The van der Waals surface area contributed by atoms with Crippen molar-refractivity contribution in [1.29, 1.82) is 0 Å². The molecule has 2 rings (SSSR count). The van der Waals surface area contributed by atoms with Gasteiger partial charge in [-0.15, -0.1) is 0 Å². The Morgan fingerprint density at radius 2 is 2.25 bits per heavy atom. The van der Waals surface area contributed by atoms with Crippen LogP contribution in [-0.4, -0.2) is 36.9 Å². The summed E-state index contributed by atoms with van der Waals surface area (Å²) in [6.45, 7) is 3.07. The second-order valence-corrected chi connectivity index (χ2v) is 4.99. The third-order valence-electron chi connectivity index (χ3n) is 3.30.